The second kappa shape index (κ2) is 8.38. The van der Waals surface area contributed by atoms with E-state index in [2.05, 4.69) is 16.9 Å². The maximum absolute atomic E-state index is 11.8. The molecule has 0 saturated heterocycles. The number of hydrogen-bond donors (Lipinski definition) is 1. The fraction of sp³-hybridized carbons (Fsp3) is 0.368. The zero-order chi connectivity index (χ0) is 17.6. The van der Waals surface area contributed by atoms with Gasteiger partial charge >= 0.3 is 0 Å². The Hall–Kier alpha value is -2.02. The van der Waals surface area contributed by atoms with Gasteiger partial charge in [0.25, 0.3) is 5.56 Å². The number of nitrogens with zero attached hydrogens (tertiary/aromatic N) is 1. The van der Waals surface area contributed by atoms with Gasteiger partial charge in [0.2, 0.25) is 0 Å². The SMILES string of the molecule is CCC(COCc1ccccc1)O[C@H](C)c1scc2c(=O)[nH]cnc12. The smallest absolute Gasteiger partial charge is 0.259 e. The van der Waals surface area contributed by atoms with Crippen LogP contribution in [0.5, 0.6) is 0 Å². The second-order valence-electron chi connectivity index (χ2n) is 5.90. The lowest BCUT2D eigenvalue weighted by atomic mass is 10.2. The van der Waals surface area contributed by atoms with Crippen LogP contribution in [0.15, 0.2) is 46.8 Å². The molecule has 132 valence electrons. The first-order valence-corrected chi connectivity index (χ1v) is 9.29. The summed E-state index contributed by atoms with van der Waals surface area (Å²) >= 11 is 1.51. The van der Waals surface area contributed by atoms with E-state index in [-0.39, 0.29) is 17.8 Å². The lowest BCUT2D eigenvalue weighted by Crippen LogP contribution is -2.20. The minimum absolute atomic E-state index is 0.00198. The number of fused-ring (bicyclic) bond motifs is 1. The Kier molecular flexibility index (Phi) is 5.96. The summed E-state index contributed by atoms with van der Waals surface area (Å²) in [6, 6.07) is 10.1. The number of rotatable bonds is 8. The van der Waals surface area contributed by atoms with Crippen LogP contribution in [0.3, 0.4) is 0 Å². The first-order chi connectivity index (χ1) is 12.2. The van der Waals surface area contributed by atoms with Gasteiger partial charge in [-0.1, -0.05) is 37.3 Å². The van der Waals surface area contributed by atoms with E-state index in [1.165, 1.54) is 17.7 Å². The number of benzene rings is 1. The van der Waals surface area contributed by atoms with Gasteiger partial charge in [-0.25, -0.2) is 4.98 Å². The first-order valence-electron chi connectivity index (χ1n) is 8.41. The molecule has 1 unspecified atom stereocenters. The van der Waals surface area contributed by atoms with Crippen molar-refractivity contribution in [2.24, 2.45) is 0 Å². The van der Waals surface area contributed by atoms with E-state index < -0.39 is 0 Å². The van der Waals surface area contributed by atoms with Gasteiger partial charge in [-0.3, -0.25) is 4.79 Å². The molecule has 25 heavy (non-hydrogen) atoms. The predicted molar refractivity (Wildman–Crippen MR) is 99.9 cm³/mol. The quantitative estimate of drug-likeness (QED) is 0.659. The number of ether oxygens (including phenoxy) is 2. The van der Waals surface area contributed by atoms with E-state index in [1.54, 1.807) is 0 Å². The Morgan fingerprint density at radius 3 is 2.84 bits per heavy atom. The highest BCUT2D eigenvalue weighted by Gasteiger charge is 2.19. The molecule has 0 bridgehead atoms. The number of H-pyrrole nitrogens is 1. The summed E-state index contributed by atoms with van der Waals surface area (Å²) in [5, 5.41) is 2.45. The summed E-state index contributed by atoms with van der Waals surface area (Å²) in [7, 11) is 0. The highest BCUT2D eigenvalue weighted by atomic mass is 32.1. The van der Waals surface area contributed by atoms with Gasteiger partial charge in [0, 0.05) is 5.38 Å². The third-order valence-electron chi connectivity index (χ3n) is 4.06. The third-order valence-corrected chi connectivity index (χ3v) is 5.20. The number of thiophene rings is 1. The van der Waals surface area contributed by atoms with Crippen LogP contribution in [0.1, 0.15) is 36.8 Å². The topological polar surface area (TPSA) is 64.2 Å². The maximum Gasteiger partial charge on any atom is 0.259 e. The molecule has 0 aliphatic carbocycles. The van der Waals surface area contributed by atoms with Gasteiger partial charge < -0.3 is 14.5 Å². The van der Waals surface area contributed by atoms with Crippen molar-refractivity contribution < 1.29 is 9.47 Å². The average Bonchev–Trinajstić information content (AvgIpc) is 3.07. The molecule has 3 rings (SSSR count). The van der Waals surface area contributed by atoms with Gasteiger partial charge in [0.1, 0.15) is 0 Å². The third kappa shape index (κ3) is 4.34. The van der Waals surface area contributed by atoms with E-state index in [0.29, 0.717) is 18.6 Å². The van der Waals surface area contributed by atoms with Crippen molar-refractivity contribution in [1.82, 2.24) is 9.97 Å². The summed E-state index contributed by atoms with van der Waals surface area (Å²) in [5.74, 6) is 0. The van der Waals surface area contributed by atoms with Gasteiger partial charge in [-0.15, -0.1) is 11.3 Å². The van der Waals surface area contributed by atoms with Crippen molar-refractivity contribution in [3.63, 3.8) is 0 Å². The van der Waals surface area contributed by atoms with Crippen molar-refractivity contribution >= 4 is 22.2 Å². The summed E-state index contributed by atoms with van der Waals surface area (Å²) in [4.78, 5) is 19.7. The molecule has 0 aliphatic heterocycles. The molecule has 3 aromatic rings. The second-order valence-corrected chi connectivity index (χ2v) is 6.81. The summed E-state index contributed by atoms with van der Waals surface area (Å²) in [6.07, 6.45) is 2.16. The monoisotopic (exact) mass is 358 g/mol. The first kappa shape index (κ1) is 17.8. The fourth-order valence-corrected chi connectivity index (χ4v) is 3.65. The minimum Gasteiger partial charge on any atom is -0.374 e. The average molecular weight is 358 g/mol. The highest BCUT2D eigenvalue weighted by Crippen LogP contribution is 2.30. The summed E-state index contributed by atoms with van der Waals surface area (Å²) in [6.45, 7) is 5.19. The molecule has 0 spiro atoms. The standard InChI is InChI=1S/C19H22N2O3S/c1-3-15(10-23-9-14-7-5-4-6-8-14)24-13(2)18-17-16(11-25-18)19(22)21-12-20-17/h4-8,11-13,15H,3,9-10H2,1-2H3,(H,20,21,22)/t13-,15?/m1/s1. The van der Waals surface area contributed by atoms with Crippen LogP contribution >= 0.6 is 11.3 Å². The zero-order valence-electron chi connectivity index (χ0n) is 14.4. The van der Waals surface area contributed by atoms with Crippen molar-refractivity contribution in [1.29, 1.82) is 0 Å². The van der Waals surface area contributed by atoms with Crippen LogP contribution in [0.25, 0.3) is 10.9 Å². The zero-order valence-corrected chi connectivity index (χ0v) is 15.2. The van der Waals surface area contributed by atoms with Crippen LogP contribution in [0, 0.1) is 0 Å². The molecule has 1 aromatic carbocycles. The van der Waals surface area contributed by atoms with Crippen molar-refractivity contribution in [2.45, 2.75) is 39.1 Å². The van der Waals surface area contributed by atoms with Crippen LogP contribution < -0.4 is 5.56 Å². The molecule has 0 aliphatic rings. The van der Waals surface area contributed by atoms with Gasteiger partial charge in [0.15, 0.2) is 0 Å². The Bertz CT molecular complexity index is 860. The Labute approximate surface area is 150 Å². The molecule has 6 heteroatoms. The lowest BCUT2D eigenvalue weighted by Gasteiger charge is -2.21. The van der Waals surface area contributed by atoms with E-state index in [0.717, 1.165) is 22.4 Å². The molecule has 2 aromatic heterocycles. The maximum atomic E-state index is 11.8. The summed E-state index contributed by atoms with van der Waals surface area (Å²) in [5.41, 5.74) is 1.76. The lowest BCUT2D eigenvalue weighted by molar-refractivity contribution is -0.0557. The molecule has 0 radical (unpaired) electrons. The minimum atomic E-state index is -0.137. The number of nitrogens with one attached hydrogen (secondary N) is 1. The van der Waals surface area contributed by atoms with Crippen LogP contribution in [-0.2, 0) is 16.1 Å². The molecule has 2 heterocycles. The van der Waals surface area contributed by atoms with Gasteiger partial charge in [-0.05, 0) is 18.9 Å². The molecule has 0 fully saturated rings. The van der Waals surface area contributed by atoms with E-state index in [4.69, 9.17) is 9.47 Å². The molecule has 5 nitrogen and oxygen atoms in total. The molecule has 0 saturated carbocycles. The van der Waals surface area contributed by atoms with Gasteiger partial charge in [-0.2, -0.15) is 0 Å². The van der Waals surface area contributed by atoms with Crippen molar-refractivity contribution in [3.8, 4) is 0 Å². The molecule has 2 atom stereocenters. The molecule has 0 amide bonds. The fourth-order valence-electron chi connectivity index (χ4n) is 2.67. The van der Waals surface area contributed by atoms with Gasteiger partial charge in [0.05, 0.1) is 47.5 Å². The van der Waals surface area contributed by atoms with E-state index in [9.17, 15) is 4.79 Å². The summed E-state index contributed by atoms with van der Waals surface area (Å²) < 4.78 is 12.0. The Balaban J connectivity index is 1.60. The highest BCUT2D eigenvalue weighted by molar-refractivity contribution is 7.11. The molecular weight excluding hydrogens is 336 g/mol. The molecular formula is C19H22N2O3S. The predicted octanol–water partition coefficient (Wildman–Crippen LogP) is 4.06. The van der Waals surface area contributed by atoms with Crippen LogP contribution in [0.2, 0.25) is 0 Å². The van der Waals surface area contributed by atoms with E-state index >= 15 is 0 Å². The largest absolute Gasteiger partial charge is 0.374 e. The van der Waals surface area contributed by atoms with Crippen molar-refractivity contribution in [3.05, 3.63) is 62.8 Å². The van der Waals surface area contributed by atoms with Crippen LogP contribution in [0.4, 0.5) is 0 Å². The number of aromatic nitrogens is 2. The molecule has 1 N–H and O–H groups in total. The normalized spacial score (nSPS) is 13.8. The van der Waals surface area contributed by atoms with Crippen LogP contribution in [-0.4, -0.2) is 22.7 Å². The Morgan fingerprint density at radius 2 is 2.08 bits per heavy atom. The number of hydrogen-bond acceptors (Lipinski definition) is 5. The van der Waals surface area contributed by atoms with E-state index in [1.807, 2.05) is 42.6 Å². The Morgan fingerprint density at radius 1 is 1.28 bits per heavy atom. The van der Waals surface area contributed by atoms with Crippen molar-refractivity contribution in [2.75, 3.05) is 6.61 Å². The number of aromatic amines is 1.